The fourth-order valence-corrected chi connectivity index (χ4v) is 4.57. The lowest BCUT2D eigenvalue weighted by molar-refractivity contribution is 0.0727. The molecular formula is C27H28F2N4O3. The van der Waals surface area contributed by atoms with Crippen LogP contribution in [0.4, 0.5) is 14.7 Å². The summed E-state index contributed by atoms with van der Waals surface area (Å²) in [7, 11) is 1.60. The molecular weight excluding hydrogens is 466 g/mol. The lowest BCUT2D eigenvalue weighted by Crippen LogP contribution is -2.38. The van der Waals surface area contributed by atoms with Crippen LogP contribution in [-0.2, 0) is 13.0 Å². The minimum absolute atomic E-state index is 0.161. The Labute approximate surface area is 208 Å². The molecule has 188 valence electrons. The molecule has 36 heavy (non-hydrogen) atoms. The Balaban J connectivity index is 1.47. The molecule has 1 aromatic heterocycles. The summed E-state index contributed by atoms with van der Waals surface area (Å²) in [6.45, 7) is 4.51. The van der Waals surface area contributed by atoms with E-state index in [1.807, 2.05) is 0 Å². The van der Waals surface area contributed by atoms with Crippen molar-refractivity contribution in [2.75, 3.05) is 31.6 Å². The number of hydrogen-bond donors (Lipinski definition) is 0. The van der Waals surface area contributed by atoms with E-state index in [0.29, 0.717) is 47.8 Å². The van der Waals surface area contributed by atoms with Crippen LogP contribution in [0, 0.1) is 17.6 Å². The highest BCUT2D eigenvalue weighted by molar-refractivity contribution is 5.94. The summed E-state index contributed by atoms with van der Waals surface area (Å²) in [5.74, 6) is 0.811. The first-order valence-electron chi connectivity index (χ1n) is 12.1. The Bertz CT molecular complexity index is 1260. The number of ether oxygens (including phenoxy) is 2. The number of methoxy groups -OCH3 is 1. The second kappa shape index (κ2) is 10.1. The Morgan fingerprint density at radius 1 is 1.00 bits per heavy atom. The molecule has 9 heteroatoms. The van der Waals surface area contributed by atoms with E-state index in [1.165, 1.54) is 11.0 Å². The van der Waals surface area contributed by atoms with E-state index < -0.39 is 17.5 Å². The molecule has 5 rings (SSSR count). The lowest BCUT2D eigenvalue weighted by atomic mass is 9.99. The van der Waals surface area contributed by atoms with Gasteiger partial charge in [-0.3, -0.25) is 4.79 Å². The highest BCUT2D eigenvalue weighted by Crippen LogP contribution is 2.33. The van der Waals surface area contributed by atoms with Crippen LogP contribution in [-0.4, -0.2) is 47.5 Å². The van der Waals surface area contributed by atoms with Gasteiger partial charge >= 0.3 is 0 Å². The number of piperidine rings is 1. The molecule has 0 N–H and O–H groups in total. The molecule has 2 aliphatic rings. The van der Waals surface area contributed by atoms with Gasteiger partial charge in [0.05, 0.1) is 30.5 Å². The fraction of sp³-hybridized carbons (Fsp3) is 0.370. The summed E-state index contributed by atoms with van der Waals surface area (Å²) >= 11 is 0. The summed E-state index contributed by atoms with van der Waals surface area (Å²) in [4.78, 5) is 26.4. The third-order valence-corrected chi connectivity index (χ3v) is 6.80. The van der Waals surface area contributed by atoms with Crippen LogP contribution in [0.5, 0.6) is 17.4 Å². The number of carbonyl (C=O) groups is 1. The molecule has 2 aromatic carbocycles. The molecule has 0 aliphatic carbocycles. The first-order chi connectivity index (χ1) is 17.4. The largest absolute Gasteiger partial charge is 0.497 e. The smallest absolute Gasteiger partial charge is 0.257 e. The van der Waals surface area contributed by atoms with Gasteiger partial charge in [0.1, 0.15) is 23.1 Å². The molecule has 0 unspecified atom stereocenters. The maximum Gasteiger partial charge on any atom is 0.257 e. The van der Waals surface area contributed by atoms with Crippen molar-refractivity contribution >= 4 is 11.9 Å². The van der Waals surface area contributed by atoms with Crippen LogP contribution in [0.3, 0.4) is 0 Å². The van der Waals surface area contributed by atoms with Crippen LogP contribution in [0.2, 0.25) is 0 Å². The molecule has 3 aromatic rings. The Hall–Kier alpha value is -3.75. The predicted molar refractivity (Wildman–Crippen MR) is 131 cm³/mol. The van der Waals surface area contributed by atoms with E-state index in [-0.39, 0.29) is 12.1 Å². The van der Waals surface area contributed by atoms with E-state index in [0.717, 1.165) is 43.8 Å². The number of aromatic nitrogens is 2. The molecule has 1 saturated heterocycles. The zero-order valence-corrected chi connectivity index (χ0v) is 20.3. The topological polar surface area (TPSA) is 67.8 Å². The van der Waals surface area contributed by atoms with Crippen molar-refractivity contribution < 1.29 is 23.0 Å². The number of fused-ring (bicyclic) bond motifs is 1. The predicted octanol–water partition coefficient (Wildman–Crippen LogP) is 4.99. The van der Waals surface area contributed by atoms with E-state index in [4.69, 9.17) is 19.4 Å². The normalized spacial score (nSPS) is 16.0. The van der Waals surface area contributed by atoms with Crippen LogP contribution >= 0.6 is 0 Å². The molecule has 2 aliphatic heterocycles. The zero-order chi connectivity index (χ0) is 25.2. The Kier molecular flexibility index (Phi) is 6.71. The number of anilines is 1. The first kappa shape index (κ1) is 24.0. The number of amides is 1. The summed E-state index contributed by atoms with van der Waals surface area (Å²) in [6.07, 6.45) is 2.61. The molecule has 0 atom stereocenters. The van der Waals surface area contributed by atoms with Gasteiger partial charge in [-0.15, -0.1) is 0 Å². The van der Waals surface area contributed by atoms with E-state index in [1.54, 1.807) is 31.4 Å². The van der Waals surface area contributed by atoms with E-state index in [2.05, 4.69) is 11.8 Å². The summed E-state index contributed by atoms with van der Waals surface area (Å²) in [6, 6.07) is 10.1. The monoisotopic (exact) mass is 494 g/mol. The highest BCUT2D eigenvalue weighted by atomic mass is 19.1. The number of carbonyl (C=O) groups excluding carboxylic acids is 1. The number of rotatable bonds is 5. The molecule has 0 bridgehead atoms. The number of halogens is 2. The molecule has 0 spiro atoms. The molecule has 1 amide bonds. The van der Waals surface area contributed by atoms with Gasteiger partial charge in [-0.2, -0.15) is 4.98 Å². The van der Waals surface area contributed by atoms with Crippen molar-refractivity contribution in [2.45, 2.75) is 32.7 Å². The minimum atomic E-state index is -0.883. The van der Waals surface area contributed by atoms with Crippen LogP contribution < -0.4 is 14.4 Å². The van der Waals surface area contributed by atoms with Gasteiger partial charge in [0.2, 0.25) is 11.8 Å². The SMILES string of the molecule is COc1ccc(Oc2nc(N3CCC(C)CC3)nc3c2CN(C(=O)c2ccc(F)cc2F)CC3)cc1. The van der Waals surface area contributed by atoms with Crippen LogP contribution in [0.15, 0.2) is 42.5 Å². The maximum atomic E-state index is 14.3. The van der Waals surface area contributed by atoms with Crippen molar-refractivity contribution in [1.82, 2.24) is 14.9 Å². The summed E-state index contributed by atoms with van der Waals surface area (Å²) in [5.41, 5.74) is 1.32. The van der Waals surface area contributed by atoms with Gasteiger partial charge in [0.25, 0.3) is 5.91 Å². The second-order valence-electron chi connectivity index (χ2n) is 9.30. The zero-order valence-electron chi connectivity index (χ0n) is 20.3. The van der Waals surface area contributed by atoms with Crippen molar-refractivity contribution in [3.63, 3.8) is 0 Å². The number of hydrogen-bond acceptors (Lipinski definition) is 6. The third-order valence-electron chi connectivity index (χ3n) is 6.80. The first-order valence-corrected chi connectivity index (χ1v) is 12.1. The second-order valence-corrected chi connectivity index (χ2v) is 9.30. The summed E-state index contributed by atoms with van der Waals surface area (Å²) in [5, 5.41) is 0. The van der Waals surface area contributed by atoms with Crippen molar-refractivity contribution in [3.8, 4) is 17.4 Å². The van der Waals surface area contributed by atoms with Crippen LogP contribution in [0.1, 0.15) is 41.4 Å². The molecule has 7 nitrogen and oxygen atoms in total. The Morgan fingerprint density at radius 3 is 2.42 bits per heavy atom. The molecule has 0 radical (unpaired) electrons. The van der Waals surface area contributed by atoms with Gasteiger partial charge in [-0.05, 0) is 55.2 Å². The molecule has 0 saturated carbocycles. The van der Waals surface area contributed by atoms with E-state index in [9.17, 15) is 13.6 Å². The Morgan fingerprint density at radius 2 is 1.72 bits per heavy atom. The summed E-state index contributed by atoms with van der Waals surface area (Å²) < 4.78 is 39.1. The quantitative estimate of drug-likeness (QED) is 0.498. The van der Waals surface area contributed by atoms with Gasteiger partial charge in [-0.1, -0.05) is 6.92 Å². The average molecular weight is 495 g/mol. The fourth-order valence-electron chi connectivity index (χ4n) is 4.57. The minimum Gasteiger partial charge on any atom is -0.497 e. The standard InChI is InChI=1S/C27H28F2N4O3/c1-17-9-12-32(13-10-17)27-30-24-11-14-33(26(34)21-8-3-18(28)15-23(21)29)16-22(24)25(31-27)36-20-6-4-19(35-2)5-7-20/h3-8,15,17H,9-14,16H2,1-2H3. The molecule has 1 fully saturated rings. The van der Waals surface area contributed by atoms with Crippen LogP contribution in [0.25, 0.3) is 0 Å². The maximum absolute atomic E-state index is 14.3. The van der Waals surface area contributed by atoms with Gasteiger partial charge in [0.15, 0.2) is 0 Å². The lowest BCUT2D eigenvalue weighted by Gasteiger charge is -2.33. The van der Waals surface area contributed by atoms with Gasteiger partial charge in [0, 0.05) is 32.1 Å². The average Bonchev–Trinajstić information content (AvgIpc) is 2.89. The van der Waals surface area contributed by atoms with Gasteiger partial charge in [-0.25, -0.2) is 13.8 Å². The third kappa shape index (κ3) is 4.96. The van der Waals surface area contributed by atoms with Gasteiger partial charge < -0.3 is 19.3 Å². The van der Waals surface area contributed by atoms with Crippen molar-refractivity contribution in [1.29, 1.82) is 0 Å². The molecule has 3 heterocycles. The number of benzene rings is 2. The van der Waals surface area contributed by atoms with Crippen molar-refractivity contribution in [3.05, 3.63) is 70.9 Å². The number of nitrogens with zero attached hydrogens (tertiary/aromatic N) is 4. The highest BCUT2D eigenvalue weighted by Gasteiger charge is 2.30. The van der Waals surface area contributed by atoms with Crippen molar-refractivity contribution in [2.24, 2.45) is 5.92 Å². The van der Waals surface area contributed by atoms with E-state index >= 15 is 0 Å².